The molecule has 2 aromatic carbocycles. The minimum absolute atomic E-state index is 0.0587. The summed E-state index contributed by atoms with van der Waals surface area (Å²) in [5.74, 6) is 0.636. The molecule has 0 aliphatic rings. The number of hydrogen-bond donors (Lipinski definition) is 1. The van der Waals surface area contributed by atoms with Crippen molar-refractivity contribution in [1.82, 2.24) is 4.98 Å². The summed E-state index contributed by atoms with van der Waals surface area (Å²) in [6.45, 7) is 1.89. The summed E-state index contributed by atoms with van der Waals surface area (Å²) in [6, 6.07) is 17.3. The largest absolute Gasteiger partial charge is 0.324 e. The first-order valence-corrected chi connectivity index (χ1v) is 10.1. The molecular weight excluding hydrogens is 372 g/mol. The van der Waals surface area contributed by atoms with Gasteiger partial charge in [-0.15, -0.1) is 23.1 Å². The molecule has 0 radical (unpaired) electrons. The second-order valence-corrected chi connectivity index (χ2v) is 8.03. The van der Waals surface area contributed by atoms with Gasteiger partial charge in [-0.1, -0.05) is 54.1 Å². The number of anilines is 1. The van der Waals surface area contributed by atoms with Crippen LogP contribution in [0.2, 0.25) is 5.02 Å². The van der Waals surface area contributed by atoms with E-state index in [0.29, 0.717) is 16.5 Å². The Morgan fingerprint density at radius 3 is 2.68 bits per heavy atom. The van der Waals surface area contributed by atoms with E-state index in [1.165, 1.54) is 0 Å². The number of carbonyl (C=O) groups is 1. The summed E-state index contributed by atoms with van der Waals surface area (Å²) >= 11 is 9.26. The van der Waals surface area contributed by atoms with Gasteiger partial charge in [0, 0.05) is 16.7 Å². The van der Waals surface area contributed by atoms with E-state index in [9.17, 15) is 4.79 Å². The maximum atomic E-state index is 12.3. The first kappa shape index (κ1) is 18.0. The number of nitrogens with zero attached hydrogens (tertiary/aromatic N) is 1. The molecule has 1 atom stereocenters. The molecule has 0 fully saturated rings. The van der Waals surface area contributed by atoms with Crippen LogP contribution in [-0.2, 0) is 10.5 Å². The van der Waals surface area contributed by atoms with E-state index >= 15 is 0 Å². The van der Waals surface area contributed by atoms with E-state index in [2.05, 4.69) is 22.4 Å². The van der Waals surface area contributed by atoms with Crippen LogP contribution < -0.4 is 5.32 Å². The number of rotatable bonds is 6. The third-order valence-electron chi connectivity index (χ3n) is 3.55. The van der Waals surface area contributed by atoms with Gasteiger partial charge < -0.3 is 5.32 Å². The first-order chi connectivity index (χ1) is 12.1. The third kappa shape index (κ3) is 4.84. The molecule has 0 aliphatic carbocycles. The van der Waals surface area contributed by atoms with Crippen LogP contribution in [0.4, 0.5) is 5.69 Å². The van der Waals surface area contributed by atoms with Crippen molar-refractivity contribution in [1.29, 1.82) is 0 Å². The fourth-order valence-corrected chi connectivity index (χ4v) is 4.06. The van der Waals surface area contributed by atoms with E-state index in [4.69, 9.17) is 11.6 Å². The predicted molar refractivity (Wildman–Crippen MR) is 108 cm³/mol. The average Bonchev–Trinajstić information content (AvgIpc) is 3.11. The lowest BCUT2D eigenvalue weighted by Crippen LogP contribution is -2.22. The maximum absolute atomic E-state index is 12.3. The quantitative estimate of drug-likeness (QED) is 0.586. The van der Waals surface area contributed by atoms with Crippen LogP contribution in [0, 0.1) is 0 Å². The van der Waals surface area contributed by atoms with E-state index < -0.39 is 0 Å². The van der Waals surface area contributed by atoms with Crippen LogP contribution in [0.15, 0.2) is 60.0 Å². The molecule has 25 heavy (non-hydrogen) atoms. The average molecular weight is 389 g/mol. The molecule has 3 nitrogen and oxygen atoms in total. The van der Waals surface area contributed by atoms with Gasteiger partial charge in [0.25, 0.3) is 0 Å². The van der Waals surface area contributed by atoms with E-state index in [1.54, 1.807) is 35.2 Å². The Morgan fingerprint density at radius 2 is 1.92 bits per heavy atom. The molecule has 1 amide bonds. The van der Waals surface area contributed by atoms with Gasteiger partial charge in [-0.05, 0) is 19.1 Å². The van der Waals surface area contributed by atoms with Crippen molar-refractivity contribution < 1.29 is 4.79 Å². The highest BCUT2D eigenvalue weighted by Crippen LogP contribution is 2.27. The Kier molecular flexibility index (Phi) is 6.13. The lowest BCUT2D eigenvalue weighted by Gasteiger charge is -2.12. The summed E-state index contributed by atoms with van der Waals surface area (Å²) in [5, 5.41) is 6.27. The zero-order valence-electron chi connectivity index (χ0n) is 13.6. The fraction of sp³-hybridized carbons (Fsp3) is 0.158. The highest BCUT2D eigenvalue weighted by molar-refractivity contribution is 7.99. The maximum Gasteiger partial charge on any atom is 0.237 e. The summed E-state index contributed by atoms with van der Waals surface area (Å²) in [4.78, 5) is 17.0. The van der Waals surface area contributed by atoms with Gasteiger partial charge in [-0.2, -0.15) is 0 Å². The zero-order valence-corrected chi connectivity index (χ0v) is 16.0. The Balaban J connectivity index is 1.55. The van der Waals surface area contributed by atoms with Gasteiger partial charge in [-0.25, -0.2) is 4.98 Å². The smallest absolute Gasteiger partial charge is 0.237 e. The number of halogens is 1. The number of amides is 1. The second kappa shape index (κ2) is 8.52. The topological polar surface area (TPSA) is 42.0 Å². The molecule has 128 valence electrons. The molecule has 0 spiro atoms. The molecule has 0 saturated carbocycles. The molecule has 0 saturated heterocycles. The van der Waals surface area contributed by atoms with Crippen LogP contribution in [0.1, 0.15) is 12.6 Å². The highest BCUT2D eigenvalue weighted by Gasteiger charge is 2.15. The van der Waals surface area contributed by atoms with Crippen LogP contribution in [0.3, 0.4) is 0 Å². The summed E-state index contributed by atoms with van der Waals surface area (Å²) in [7, 11) is 0. The fourth-order valence-electron chi connectivity index (χ4n) is 2.17. The second-order valence-electron chi connectivity index (χ2n) is 5.43. The Bertz CT molecular complexity index is 851. The number of benzene rings is 2. The van der Waals surface area contributed by atoms with Gasteiger partial charge in [0.1, 0.15) is 5.01 Å². The molecular formula is C19H17ClN2OS2. The van der Waals surface area contributed by atoms with Gasteiger partial charge in [-0.3, -0.25) is 4.79 Å². The van der Waals surface area contributed by atoms with Crippen molar-refractivity contribution in [2.24, 2.45) is 0 Å². The van der Waals surface area contributed by atoms with E-state index in [1.807, 2.05) is 42.6 Å². The van der Waals surface area contributed by atoms with Crippen molar-refractivity contribution in [3.05, 3.63) is 70.7 Å². The molecule has 1 heterocycles. The standard InChI is InChI=1S/C19H17ClN2OS2/c1-13(18(23)22-17-10-6-5-9-16(17)20)24-11-15-12-25-19(21-15)14-7-3-2-4-8-14/h2-10,12-13H,11H2,1H3,(H,22,23)/t13-/m1/s1. The van der Waals surface area contributed by atoms with E-state index in [-0.39, 0.29) is 11.2 Å². The Labute approximate surface area is 160 Å². The molecule has 1 N–H and O–H groups in total. The SMILES string of the molecule is C[C@@H](SCc1csc(-c2ccccc2)n1)C(=O)Nc1ccccc1Cl. The minimum atomic E-state index is -0.196. The molecule has 0 bridgehead atoms. The Morgan fingerprint density at radius 1 is 1.20 bits per heavy atom. The zero-order chi connectivity index (χ0) is 17.6. The Hall–Kier alpha value is -1.82. The highest BCUT2D eigenvalue weighted by atomic mass is 35.5. The van der Waals surface area contributed by atoms with Gasteiger partial charge in [0.05, 0.1) is 21.7 Å². The molecule has 1 aromatic heterocycles. The normalized spacial score (nSPS) is 11.9. The monoisotopic (exact) mass is 388 g/mol. The van der Waals surface area contributed by atoms with Crippen LogP contribution in [0.25, 0.3) is 10.6 Å². The summed E-state index contributed by atoms with van der Waals surface area (Å²) in [5.41, 5.74) is 2.75. The summed E-state index contributed by atoms with van der Waals surface area (Å²) in [6.07, 6.45) is 0. The first-order valence-electron chi connectivity index (χ1n) is 7.80. The molecule has 3 aromatic rings. The number of nitrogens with one attached hydrogen (secondary N) is 1. The molecule has 0 aliphatic heterocycles. The van der Waals surface area contributed by atoms with Gasteiger partial charge >= 0.3 is 0 Å². The van der Waals surface area contributed by atoms with Crippen LogP contribution >= 0.6 is 34.7 Å². The molecule has 6 heteroatoms. The third-order valence-corrected chi connectivity index (χ3v) is 6.00. The number of para-hydroxylation sites is 1. The predicted octanol–water partition coefficient (Wildman–Crippen LogP) is 5.72. The van der Waals surface area contributed by atoms with Crippen LogP contribution in [-0.4, -0.2) is 16.1 Å². The lowest BCUT2D eigenvalue weighted by molar-refractivity contribution is -0.115. The number of aromatic nitrogens is 1. The number of carbonyl (C=O) groups excluding carboxylic acids is 1. The summed E-state index contributed by atoms with van der Waals surface area (Å²) < 4.78 is 0. The van der Waals surface area contributed by atoms with Crippen molar-refractivity contribution in [3.8, 4) is 10.6 Å². The van der Waals surface area contributed by atoms with Crippen LogP contribution in [0.5, 0.6) is 0 Å². The number of hydrogen-bond acceptors (Lipinski definition) is 4. The molecule has 3 rings (SSSR count). The van der Waals surface area contributed by atoms with Crippen molar-refractivity contribution in [2.75, 3.05) is 5.32 Å². The molecule has 0 unspecified atom stereocenters. The number of thioether (sulfide) groups is 1. The number of thiazole rings is 1. The minimum Gasteiger partial charge on any atom is -0.324 e. The van der Waals surface area contributed by atoms with Gasteiger partial charge in [0.15, 0.2) is 0 Å². The van der Waals surface area contributed by atoms with Crippen molar-refractivity contribution >= 4 is 46.3 Å². The van der Waals surface area contributed by atoms with E-state index in [0.717, 1.165) is 16.3 Å². The van der Waals surface area contributed by atoms with Gasteiger partial charge in [0.2, 0.25) is 5.91 Å². The van der Waals surface area contributed by atoms with Crippen molar-refractivity contribution in [2.45, 2.75) is 17.9 Å². The van der Waals surface area contributed by atoms with Crippen molar-refractivity contribution in [3.63, 3.8) is 0 Å². The lowest BCUT2D eigenvalue weighted by atomic mass is 10.2.